The van der Waals surface area contributed by atoms with Gasteiger partial charge >= 0.3 is 25.7 Å². The molecule has 0 fully saturated rings. The van der Waals surface area contributed by atoms with E-state index in [2.05, 4.69) is 0 Å². The lowest BCUT2D eigenvalue weighted by Crippen LogP contribution is -2.55. The Bertz CT molecular complexity index is 425. The van der Waals surface area contributed by atoms with E-state index in [-0.39, 0.29) is 23.8 Å². The van der Waals surface area contributed by atoms with Crippen molar-refractivity contribution in [1.29, 1.82) is 0 Å². The number of carbonyl (C=O) groups is 2. The molecule has 0 amide bonds. The van der Waals surface area contributed by atoms with Crippen LogP contribution in [-0.4, -0.2) is 37.6 Å². The van der Waals surface area contributed by atoms with Crippen LogP contribution in [0.5, 0.6) is 0 Å². The van der Waals surface area contributed by atoms with Crippen LogP contribution in [0.25, 0.3) is 0 Å². The van der Waals surface area contributed by atoms with Gasteiger partial charge in [-0.25, -0.2) is 0 Å². The number of rotatable bonds is 10. The second kappa shape index (κ2) is 9.45. The van der Waals surface area contributed by atoms with Crippen molar-refractivity contribution < 1.29 is 26.7 Å². The largest absolute Gasteiger partial charge is 0.495 e. The van der Waals surface area contributed by atoms with Gasteiger partial charge in [-0.3, -0.25) is 9.59 Å². The molecule has 0 aliphatic heterocycles. The fourth-order valence-electron chi connectivity index (χ4n) is 2.27. The number of carbonyl (C=O) groups excluding carboxylic acids is 2. The molecular formula is C16H36O6Si3. The Morgan fingerprint density at radius 2 is 0.960 bits per heavy atom. The van der Waals surface area contributed by atoms with Gasteiger partial charge in [-0.15, -0.1) is 0 Å². The Labute approximate surface area is 156 Å². The molecule has 25 heavy (non-hydrogen) atoms. The molecule has 0 aromatic heterocycles. The van der Waals surface area contributed by atoms with Crippen LogP contribution in [-0.2, 0) is 26.7 Å². The van der Waals surface area contributed by atoms with E-state index in [0.717, 1.165) is 12.8 Å². The van der Waals surface area contributed by atoms with Crippen molar-refractivity contribution in [3.05, 3.63) is 0 Å². The van der Waals surface area contributed by atoms with Gasteiger partial charge in [-0.05, 0) is 52.1 Å². The summed E-state index contributed by atoms with van der Waals surface area (Å²) in [5.41, 5.74) is 0. The van der Waals surface area contributed by atoms with E-state index in [1.54, 1.807) is 0 Å². The SMILES string of the molecule is CCC(C)C(=O)O[Si](C)(C)O[Si](C)(C)O[Si](C)(C)OC(=O)C(C)CC. The zero-order valence-corrected chi connectivity index (χ0v) is 20.5. The highest BCUT2D eigenvalue weighted by Gasteiger charge is 2.45. The summed E-state index contributed by atoms with van der Waals surface area (Å²) < 4.78 is 23.5. The fraction of sp³-hybridized carbons (Fsp3) is 0.875. The molecule has 2 unspecified atom stereocenters. The molecule has 6 nitrogen and oxygen atoms in total. The van der Waals surface area contributed by atoms with Gasteiger partial charge < -0.3 is 17.1 Å². The minimum atomic E-state index is -2.68. The molecule has 148 valence electrons. The van der Waals surface area contributed by atoms with Crippen molar-refractivity contribution in [2.45, 2.75) is 79.8 Å². The monoisotopic (exact) mass is 408 g/mol. The van der Waals surface area contributed by atoms with Crippen LogP contribution >= 0.6 is 0 Å². The van der Waals surface area contributed by atoms with Crippen LogP contribution in [0, 0.1) is 11.8 Å². The molecule has 0 spiro atoms. The van der Waals surface area contributed by atoms with E-state index in [0.29, 0.717) is 0 Å². The third kappa shape index (κ3) is 9.69. The van der Waals surface area contributed by atoms with E-state index in [4.69, 9.17) is 17.1 Å². The normalized spacial score (nSPS) is 15.4. The summed E-state index contributed by atoms with van der Waals surface area (Å²) in [6.07, 6.45) is 1.46. The second-order valence-electron chi connectivity index (χ2n) is 7.86. The lowest BCUT2D eigenvalue weighted by molar-refractivity contribution is -0.140. The first-order valence-corrected chi connectivity index (χ1v) is 17.5. The van der Waals surface area contributed by atoms with Crippen LogP contribution in [0.3, 0.4) is 0 Å². The van der Waals surface area contributed by atoms with Crippen molar-refractivity contribution in [1.82, 2.24) is 0 Å². The Morgan fingerprint density at radius 1 is 0.680 bits per heavy atom. The van der Waals surface area contributed by atoms with E-state index in [1.165, 1.54) is 0 Å². The predicted octanol–water partition coefficient (Wildman–Crippen LogP) is 4.30. The van der Waals surface area contributed by atoms with Gasteiger partial charge in [-0.2, -0.15) is 0 Å². The molecule has 0 saturated carbocycles. The standard InChI is InChI=1S/C16H36O6Si3/c1-11-13(3)15(17)19-23(5,6)21-25(9,10)22-24(7,8)20-16(18)14(4)12-2/h13-14H,11-12H2,1-10H3. The summed E-state index contributed by atoms with van der Waals surface area (Å²) in [5, 5.41) is 0. The Balaban J connectivity index is 4.89. The minimum Gasteiger partial charge on any atom is -0.495 e. The van der Waals surface area contributed by atoms with Gasteiger partial charge in [0.25, 0.3) is 11.9 Å². The van der Waals surface area contributed by atoms with Crippen LogP contribution in [0.2, 0.25) is 39.3 Å². The van der Waals surface area contributed by atoms with Gasteiger partial charge in [0.1, 0.15) is 0 Å². The second-order valence-corrected chi connectivity index (χ2v) is 18.3. The quantitative estimate of drug-likeness (QED) is 0.502. The summed E-state index contributed by atoms with van der Waals surface area (Å²) >= 11 is 0. The highest BCUT2D eigenvalue weighted by atomic mass is 28.5. The van der Waals surface area contributed by atoms with Crippen molar-refractivity contribution in [2.24, 2.45) is 11.8 Å². The molecule has 0 aliphatic carbocycles. The summed E-state index contributed by atoms with van der Waals surface area (Å²) in [4.78, 5) is 24.1. The zero-order valence-electron chi connectivity index (χ0n) is 17.5. The minimum absolute atomic E-state index is 0.150. The van der Waals surface area contributed by atoms with Crippen LogP contribution in [0.1, 0.15) is 40.5 Å². The zero-order chi connectivity index (χ0) is 20.1. The van der Waals surface area contributed by atoms with Gasteiger partial charge in [0, 0.05) is 0 Å². The number of hydrogen-bond acceptors (Lipinski definition) is 6. The summed E-state index contributed by atoms with van der Waals surface area (Å²) in [7, 11) is -7.99. The highest BCUT2D eigenvalue weighted by Crippen LogP contribution is 2.23. The third-order valence-electron chi connectivity index (χ3n) is 3.71. The van der Waals surface area contributed by atoms with Crippen LogP contribution in [0.15, 0.2) is 0 Å². The van der Waals surface area contributed by atoms with Crippen molar-refractivity contribution in [3.8, 4) is 0 Å². The molecule has 0 N–H and O–H groups in total. The third-order valence-corrected chi connectivity index (χ3v) is 13.0. The van der Waals surface area contributed by atoms with Gasteiger partial charge in [0.05, 0.1) is 11.8 Å². The summed E-state index contributed by atoms with van der Waals surface area (Å²) in [5.74, 6) is -0.765. The van der Waals surface area contributed by atoms with E-state index in [1.807, 2.05) is 67.0 Å². The Hall–Kier alpha value is -0.489. The van der Waals surface area contributed by atoms with Crippen molar-refractivity contribution in [2.75, 3.05) is 0 Å². The molecule has 0 rings (SSSR count). The first-order valence-electron chi connectivity index (χ1n) is 9.00. The average Bonchev–Trinajstić information content (AvgIpc) is 2.41. The first kappa shape index (κ1) is 24.5. The molecule has 0 bridgehead atoms. The van der Waals surface area contributed by atoms with Gasteiger partial charge in [-0.1, -0.05) is 27.7 Å². The Kier molecular flexibility index (Phi) is 9.26. The summed E-state index contributed by atoms with van der Waals surface area (Å²) in [6, 6.07) is 0. The van der Waals surface area contributed by atoms with E-state index < -0.39 is 25.7 Å². The molecular weight excluding hydrogens is 372 g/mol. The molecule has 9 heteroatoms. The average molecular weight is 409 g/mol. The smallest absolute Gasteiger partial charge is 0.386 e. The lowest BCUT2D eigenvalue weighted by Gasteiger charge is -2.37. The van der Waals surface area contributed by atoms with E-state index in [9.17, 15) is 9.59 Å². The van der Waals surface area contributed by atoms with Crippen LogP contribution < -0.4 is 0 Å². The predicted molar refractivity (Wildman–Crippen MR) is 106 cm³/mol. The maximum absolute atomic E-state index is 12.1. The molecule has 0 radical (unpaired) electrons. The molecule has 0 saturated heterocycles. The first-order chi connectivity index (χ1) is 11.1. The van der Waals surface area contributed by atoms with Gasteiger partial charge in [0.15, 0.2) is 0 Å². The molecule has 0 heterocycles. The summed E-state index contributed by atoms with van der Waals surface area (Å²) in [6.45, 7) is 18.7. The van der Waals surface area contributed by atoms with E-state index >= 15 is 0 Å². The maximum Gasteiger partial charge on any atom is 0.386 e. The molecule has 2 atom stereocenters. The van der Waals surface area contributed by atoms with Crippen LogP contribution in [0.4, 0.5) is 0 Å². The molecule has 0 aromatic rings. The maximum atomic E-state index is 12.1. The van der Waals surface area contributed by atoms with Gasteiger partial charge in [0.2, 0.25) is 0 Å². The topological polar surface area (TPSA) is 71.1 Å². The van der Waals surface area contributed by atoms with Crippen molar-refractivity contribution >= 4 is 37.6 Å². The highest BCUT2D eigenvalue weighted by molar-refractivity contribution is 6.85. The molecule has 0 aliphatic rings. The molecule has 0 aromatic carbocycles. The number of hydrogen-bond donors (Lipinski definition) is 0. The lowest BCUT2D eigenvalue weighted by atomic mass is 10.1. The van der Waals surface area contributed by atoms with Crippen molar-refractivity contribution in [3.63, 3.8) is 0 Å². The fourth-order valence-corrected chi connectivity index (χ4v) is 14.0. The Morgan fingerprint density at radius 3 is 1.20 bits per heavy atom.